The van der Waals surface area contributed by atoms with Crippen LogP contribution in [0.4, 0.5) is 0 Å². The number of aromatic nitrogens is 8. The Morgan fingerprint density at radius 1 is 0.411 bits per heavy atom. The second-order valence-electron chi connectivity index (χ2n) is 25.0. The quantitative estimate of drug-likeness (QED) is 0.127. The molecule has 14 rings (SSSR count). The van der Waals surface area contributed by atoms with Gasteiger partial charge in [0.15, 0.2) is 0 Å². The summed E-state index contributed by atoms with van der Waals surface area (Å²) in [5.41, 5.74) is 19.6. The van der Waals surface area contributed by atoms with E-state index in [-0.39, 0.29) is 39.3 Å². The minimum Gasteiger partial charge on any atom is -0.509 e. The van der Waals surface area contributed by atoms with Crippen molar-refractivity contribution in [1.82, 2.24) is 38.7 Å². The fourth-order valence-corrected chi connectivity index (χ4v) is 12.1. The van der Waals surface area contributed by atoms with E-state index in [2.05, 4.69) is 237 Å². The summed E-state index contributed by atoms with van der Waals surface area (Å²) in [5.74, 6) is 4.49. The van der Waals surface area contributed by atoms with Gasteiger partial charge in [0, 0.05) is 74.8 Å². The molecule has 6 aromatic heterocycles. The molecule has 0 saturated heterocycles. The zero-order valence-electron chi connectivity index (χ0n) is 52.3. The first-order valence-corrected chi connectivity index (χ1v) is 30.0. The molecule has 90 heavy (non-hydrogen) atoms. The molecule has 0 amide bonds. The van der Waals surface area contributed by atoms with Crippen LogP contribution < -0.4 is 9.47 Å². The third-order valence-corrected chi connectivity index (χ3v) is 16.6. The summed E-state index contributed by atoms with van der Waals surface area (Å²) in [5, 5.41) is 14.4. The summed E-state index contributed by atoms with van der Waals surface area (Å²) >= 11 is 0. The number of aryl methyl sites for hydroxylation is 4. The van der Waals surface area contributed by atoms with Gasteiger partial charge in [0.05, 0.1) is 28.1 Å². The van der Waals surface area contributed by atoms with Crippen molar-refractivity contribution in [1.29, 1.82) is 0 Å². The van der Waals surface area contributed by atoms with E-state index in [1.807, 2.05) is 83.3 Å². The summed E-state index contributed by atoms with van der Waals surface area (Å²) in [6.45, 7) is 25.9. The SMILES string of the molecule is C.Cc1ccc2c(c1)c1ccc(Oc3[c-]c(-n4nc(C)c(-c5ccccc5)c4C)ccc3)[c-]c1n2-c1cc(C(C)(C)C)ccn1.Cc1ccc2c(c1)c1ccc(Oc3cccc(-n4nc(C)c(-c5ccccc5)c4C)c3)cc1n2-c1cc(C(C)(C)C)ccn1.[Pt+2]. The average Bonchev–Trinajstić information content (AvgIpc) is 1.69. The number of hydrogen-bond donors (Lipinski definition) is 0. The monoisotopic (exact) mass is 1360 g/mol. The molecule has 14 aromatic rings. The van der Waals surface area contributed by atoms with E-state index in [0.29, 0.717) is 11.5 Å². The Balaban J connectivity index is 0.000000181. The van der Waals surface area contributed by atoms with Crippen LogP contribution in [0, 0.1) is 53.7 Å². The van der Waals surface area contributed by atoms with E-state index < -0.39 is 0 Å². The second-order valence-corrected chi connectivity index (χ2v) is 25.0. The van der Waals surface area contributed by atoms with Crippen LogP contribution in [0.3, 0.4) is 0 Å². The standard InChI is InChI=1S/C39H36N4O.C39H34N4O.CH4.Pt/c2*1-25-15-18-35-34(21-25)33-17-16-32(24-36(33)42(35)37-22-29(19-20-40-37)39(4,5)6)44-31-14-10-13-30(23-31)43-27(3)38(26(2)41-43)28-11-8-7-9-12-28;;/h7-24H,1-6H3;7-22H,1-6H3;1H4;/q;-2;;+2. The fraction of sp³-hybridized carbons (Fsp3) is 0.190. The predicted octanol–water partition coefficient (Wildman–Crippen LogP) is 20.3. The van der Waals surface area contributed by atoms with E-state index >= 15 is 0 Å². The number of nitrogens with zero attached hydrogens (tertiary/aromatic N) is 8. The molecular formula is C79H74N8O2Pt. The molecule has 11 heteroatoms. The molecule has 0 aliphatic carbocycles. The molecule has 0 aliphatic heterocycles. The van der Waals surface area contributed by atoms with Crippen LogP contribution in [0.1, 0.15) is 94.0 Å². The van der Waals surface area contributed by atoms with Crippen LogP contribution in [-0.2, 0) is 31.9 Å². The Labute approximate surface area is 542 Å². The third kappa shape index (κ3) is 11.9. The first-order chi connectivity index (χ1) is 42.3. The Kier molecular flexibility index (Phi) is 17.0. The van der Waals surface area contributed by atoms with Crippen molar-refractivity contribution >= 4 is 43.6 Å². The summed E-state index contributed by atoms with van der Waals surface area (Å²) in [4.78, 5) is 9.63. The maximum Gasteiger partial charge on any atom is 2.00 e. The van der Waals surface area contributed by atoms with Gasteiger partial charge in [0.25, 0.3) is 0 Å². The Hall–Kier alpha value is -9.63. The molecule has 8 aromatic carbocycles. The maximum absolute atomic E-state index is 6.52. The van der Waals surface area contributed by atoms with Crippen LogP contribution >= 0.6 is 0 Å². The molecular weight excluding hydrogens is 1290 g/mol. The van der Waals surface area contributed by atoms with Gasteiger partial charge >= 0.3 is 21.1 Å². The van der Waals surface area contributed by atoms with Crippen LogP contribution in [0.25, 0.3) is 88.9 Å². The molecule has 0 atom stereocenters. The van der Waals surface area contributed by atoms with Crippen molar-refractivity contribution in [3.05, 3.63) is 264 Å². The minimum atomic E-state index is -0.000788. The predicted molar refractivity (Wildman–Crippen MR) is 366 cm³/mol. The largest absolute Gasteiger partial charge is 2.00 e. The molecule has 0 aliphatic rings. The molecule has 0 spiro atoms. The average molecular weight is 1360 g/mol. The molecule has 0 saturated carbocycles. The van der Waals surface area contributed by atoms with Gasteiger partial charge in [-0.3, -0.25) is 9.25 Å². The molecule has 0 radical (unpaired) electrons. The van der Waals surface area contributed by atoms with Crippen molar-refractivity contribution < 1.29 is 30.5 Å². The molecule has 10 nitrogen and oxygen atoms in total. The molecule has 0 unspecified atom stereocenters. The zero-order chi connectivity index (χ0) is 61.2. The number of benzene rings is 8. The van der Waals surface area contributed by atoms with Crippen molar-refractivity contribution in [3.8, 4) is 68.3 Å². The van der Waals surface area contributed by atoms with Gasteiger partial charge in [-0.25, -0.2) is 14.6 Å². The number of ether oxygens (including phenoxy) is 2. The topological polar surface area (TPSA) is 89.7 Å². The summed E-state index contributed by atoms with van der Waals surface area (Å²) < 4.78 is 21.3. The Morgan fingerprint density at radius 2 is 0.933 bits per heavy atom. The van der Waals surface area contributed by atoms with Gasteiger partial charge in [-0.2, -0.15) is 22.3 Å². The molecule has 0 N–H and O–H groups in total. The summed E-state index contributed by atoms with van der Waals surface area (Å²) in [6, 6.07) is 74.0. The Bertz CT molecular complexity index is 4650. The minimum absolute atomic E-state index is 0. The normalized spacial score (nSPS) is 11.6. The van der Waals surface area contributed by atoms with E-state index in [4.69, 9.17) is 29.6 Å². The first kappa shape index (κ1) is 62.0. The van der Waals surface area contributed by atoms with Crippen molar-refractivity contribution in [3.63, 3.8) is 0 Å². The van der Waals surface area contributed by atoms with Crippen molar-refractivity contribution in [2.75, 3.05) is 0 Å². The number of hydrogen-bond acceptors (Lipinski definition) is 6. The fourth-order valence-electron chi connectivity index (χ4n) is 12.1. The number of rotatable bonds is 10. The van der Waals surface area contributed by atoms with Crippen LogP contribution in [0.15, 0.2) is 207 Å². The van der Waals surface area contributed by atoms with Crippen molar-refractivity contribution in [2.24, 2.45) is 0 Å². The van der Waals surface area contributed by atoms with Gasteiger partial charge in [-0.1, -0.05) is 151 Å². The molecule has 0 fully saturated rings. The molecule has 6 heterocycles. The van der Waals surface area contributed by atoms with E-state index in [0.717, 1.165) is 107 Å². The van der Waals surface area contributed by atoms with Crippen molar-refractivity contribution in [2.45, 2.75) is 101 Å². The number of fused-ring (bicyclic) bond motifs is 6. The van der Waals surface area contributed by atoms with E-state index in [9.17, 15) is 0 Å². The third-order valence-electron chi connectivity index (χ3n) is 16.6. The van der Waals surface area contributed by atoms with Crippen LogP contribution in [0.5, 0.6) is 23.0 Å². The zero-order valence-corrected chi connectivity index (χ0v) is 54.6. The van der Waals surface area contributed by atoms with Gasteiger partial charge in [-0.05, 0) is 152 Å². The van der Waals surface area contributed by atoms with Gasteiger partial charge in [0.2, 0.25) is 0 Å². The van der Waals surface area contributed by atoms with Crippen LogP contribution in [0.2, 0.25) is 0 Å². The molecule has 452 valence electrons. The van der Waals surface area contributed by atoms with Gasteiger partial charge in [-0.15, -0.1) is 35.7 Å². The Morgan fingerprint density at radius 3 is 1.54 bits per heavy atom. The second kappa shape index (κ2) is 24.7. The summed E-state index contributed by atoms with van der Waals surface area (Å²) in [7, 11) is 0. The smallest absolute Gasteiger partial charge is 0.509 e. The summed E-state index contributed by atoms with van der Waals surface area (Å²) in [6.07, 6.45) is 3.81. The van der Waals surface area contributed by atoms with E-state index in [1.165, 1.54) is 38.6 Å². The van der Waals surface area contributed by atoms with Crippen LogP contribution in [-0.4, -0.2) is 38.7 Å². The van der Waals surface area contributed by atoms with E-state index in [1.54, 1.807) is 0 Å². The molecule has 0 bridgehead atoms. The van der Waals surface area contributed by atoms with Gasteiger partial charge in [0.1, 0.15) is 23.1 Å². The van der Waals surface area contributed by atoms with Gasteiger partial charge < -0.3 is 14.0 Å². The first-order valence-electron chi connectivity index (χ1n) is 30.0. The maximum atomic E-state index is 6.52. The number of pyridine rings is 2.